The summed E-state index contributed by atoms with van der Waals surface area (Å²) in [6, 6.07) is 15.3. The van der Waals surface area contributed by atoms with E-state index in [1.54, 1.807) is 49.4 Å². The van der Waals surface area contributed by atoms with Gasteiger partial charge in [0.15, 0.2) is 5.82 Å². The number of aryl methyl sites for hydroxylation is 3. The number of methoxy groups -OCH3 is 2. The molecule has 0 fully saturated rings. The molecule has 0 unspecified atom stereocenters. The van der Waals surface area contributed by atoms with Crippen LogP contribution in [0, 0.1) is 27.7 Å². The van der Waals surface area contributed by atoms with Crippen molar-refractivity contribution in [1.82, 2.24) is 44.5 Å². The van der Waals surface area contributed by atoms with Crippen LogP contribution in [0.4, 0.5) is 0 Å². The lowest BCUT2D eigenvalue weighted by Gasteiger charge is -2.15. The highest BCUT2D eigenvalue weighted by molar-refractivity contribution is 7.17. The van der Waals surface area contributed by atoms with Crippen LogP contribution in [0.1, 0.15) is 80.5 Å². The predicted octanol–water partition coefficient (Wildman–Crippen LogP) is 7.17. The number of halogens is 1. The van der Waals surface area contributed by atoms with Crippen molar-refractivity contribution in [2.45, 2.75) is 59.7 Å². The number of benzene rings is 2. The third-order valence-electron chi connectivity index (χ3n) is 12.4. The molecule has 20 heteroatoms. The molecule has 18 nitrogen and oxygen atoms in total. The maximum atomic E-state index is 14.4. The second kappa shape index (κ2) is 19.9. The number of rotatable bonds is 16. The highest BCUT2D eigenvalue weighted by atomic mass is 35.5. The third-order valence-corrected chi connectivity index (χ3v) is 13.9. The van der Waals surface area contributed by atoms with Crippen molar-refractivity contribution in [1.29, 1.82) is 0 Å². The minimum absolute atomic E-state index is 0.0601. The molecular formula is C50H49ClN10O8S. The molecule has 360 valence electrons. The van der Waals surface area contributed by atoms with Crippen molar-refractivity contribution >= 4 is 68.4 Å². The van der Waals surface area contributed by atoms with Gasteiger partial charge in [-0.2, -0.15) is 0 Å². The first-order valence-electron chi connectivity index (χ1n) is 22.5. The number of amides is 2. The fourth-order valence-electron chi connectivity index (χ4n) is 8.94. The predicted molar refractivity (Wildman–Crippen MR) is 265 cm³/mol. The zero-order valence-corrected chi connectivity index (χ0v) is 41.0. The van der Waals surface area contributed by atoms with E-state index in [1.807, 2.05) is 74.7 Å². The molecule has 1 aliphatic heterocycles. The van der Waals surface area contributed by atoms with Crippen LogP contribution in [0.3, 0.4) is 0 Å². The van der Waals surface area contributed by atoms with Gasteiger partial charge < -0.3 is 29.3 Å². The van der Waals surface area contributed by atoms with Gasteiger partial charge in [0, 0.05) is 51.9 Å². The Kier molecular flexibility index (Phi) is 13.5. The number of aromatic nitrogens is 7. The van der Waals surface area contributed by atoms with Crippen LogP contribution >= 0.6 is 22.9 Å². The first kappa shape index (κ1) is 47.6. The van der Waals surface area contributed by atoms with E-state index in [0.717, 1.165) is 28.0 Å². The normalized spacial score (nSPS) is 13.7. The van der Waals surface area contributed by atoms with E-state index < -0.39 is 29.6 Å². The molecule has 9 rings (SSSR count). The number of fused-ring (bicyclic) bond motifs is 6. The van der Waals surface area contributed by atoms with Crippen LogP contribution in [-0.4, -0.2) is 97.9 Å². The first-order valence-corrected chi connectivity index (χ1v) is 23.7. The van der Waals surface area contributed by atoms with Crippen LogP contribution in [-0.2, 0) is 25.6 Å². The SMILES string of the molecule is COC(=O)C[C@@H]1N=C(c2ccc(Cl)cc2)c2c(sc(C(=O)NCCOCCNC(=O)Cn3c(=O)n([C@H](C)c4ccccn4)c4c5cc(OC)c(-c6c(C)coc6C)cc5ncc43)c2C)-n2c(C)nnc21. The number of aliphatic imine (C=N–C) groups is 1. The van der Waals surface area contributed by atoms with Gasteiger partial charge in [0.25, 0.3) is 5.91 Å². The quantitative estimate of drug-likeness (QED) is 0.0729. The number of hydrogen-bond donors (Lipinski definition) is 2. The monoisotopic (exact) mass is 984 g/mol. The van der Waals surface area contributed by atoms with Crippen LogP contribution in [0.25, 0.3) is 38.1 Å². The molecule has 0 saturated heterocycles. The zero-order valence-electron chi connectivity index (χ0n) is 39.5. The number of imidazole rings is 1. The standard InChI is InChI=1S/C50H49ClN10O8S/c1-26-25-69-29(4)42(26)34-20-36-33(21-39(34)66-6)45-38(23-55-36)59(50(65)60(45)28(3)35-10-8-9-15-52-35)24-40(62)53-16-18-68-19-17-54-48(64)46-27(2)43-44(31-11-13-32(51)14-12-31)56-37(22-41(63)67-7)47-58-57-30(5)61(47)49(43)70-46/h8-15,20-21,23,25,28,37H,16-19,22,24H2,1-7H3,(H,53,62)(H,54,64)/t28-,37+/m1/s1. The average molecular weight is 986 g/mol. The minimum atomic E-state index is -0.700. The summed E-state index contributed by atoms with van der Waals surface area (Å²) in [6.07, 6.45) is 4.94. The Morgan fingerprint density at radius 3 is 2.43 bits per heavy atom. The van der Waals surface area contributed by atoms with E-state index >= 15 is 0 Å². The van der Waals surface area contributed by atoms with E-state index in [0.29, 0.717) is 76.8 Å². The molecule has 2 aromatic carbocycles. The van der Waals surface area contributed by atoms with Gasteiger partial charge in [-0.25, -0.2) is 4.79 Å². The van der Waals surface area contributed by atoms with Crippen molar-refractivity contribution in [3.63, 3.8) is 0 Å². The van der Waals surface area contributed by atoms with E-state index in [2.05, 4.69) is 25.8 Å². The second-order valence-electron chi connectivity index (χ2n) is 16.8. The van der Waals surface area contributed by atoms with Gasteiger partial charge in [0.05, 0.1) is 85.2 Å². The van der Waals surface area contributed by atoms with Crippen molar-refractivity contribution in [3.8, 4) is 21.9 Å². The molecule has 1 aliphatic rings. The van der Waals surface area contributed by atoms with Crippen LogP contribution < -0.4 is 21.1 Å². The van der Waals surface area contributed by atoms with E-state index in [-0.39, 0.29) is 45.2 Å². The Balaban J connectivity index is 0.880. The fraction of sp³-hybridized carbons (Fsp3) is 0.300. The molecule has 8 aromatic rings. The Labute approximate surface area is 410 Å². The Bertz CT molecular complexity index is 3390. The van der Waals surface area contributed by atoms with Gasteiger partial charge in [-0.3, -0.25) is 43.0 Å². The second-order valence-corrected chi connectivity index (χ2v) is 18.2. The smallest absolute Gasteiger partial charge is 0.330 e. The summed E-state index contributed by atoms with van der Waals surface area (Å²) in [7, 11) is 2.92. The van der Waals surface area contributed by atoms with Crippen LogP contribution in [0.5, 0.6) is 5.75 Å². The molecule has 70 heavy (non-hydrogen) atoms. The summed E-state index contributed by atoms with van der Waals surface area (Å²) in [6.45, 7) is 9.79. The first-order chi connectivity index (χ1) is 33.8. The third kappa shape index (κ3) is 8.86. The summed E-state index contributed by atoms with van der Waals surface area (Å²) < 4.78 is 27.3. The number of esters is 1. The van der Waals surface area contributed by atoms with Crippen molar-refractivity contribution in [3.05, 3.63) is 139 Å². The lowest BCUT2D eigenvalue weighted by molar-refractivity contribution is -0.141. The molecule has 2 amide bonds. The maximum Gasteiger partial charge on any atom is 0.330 e. The molecule has 0 spiro atoms. The number of nitrogens with one attached hydrogen (secondary N) is 2. The van der Waals surface area contributed by atoms with Crippen LogP contribution in [0.15, 0.2) is 87.5 Å². The summed E-state index contributed by atoms with van der Waals surface area (Å²) in [5.74, 6) is 1.17. The van der Waals surface area contributed by atoms with Gasteiger partial charge in [0.2, 0.25) is 5.91 Å². The highest BCUT2D eigenvalue weighted by Gasteiger charge is 2.34. The average Bonchev–Trinajstić information content (AvgIpc) is 4.07. The van der Waals surface area contributed by atoms with Crippen molar-refractivity contribution in [2.24, 2.45) is 4.99 Å². The number of pyridine rings is 2. The Morgan fingerprint density at radius 1 is 0.957 bits per heavy atom. The topological polar surface area (TPSA) is 212 Å². The van der Waals surface area contributed by atoms with Crippen molar-refractivity contribution in [2.75, 3.05) is 40.5 Å². The van der Waals surface area contributed by atoms with Crippen molar-refractivity contribution < 1.29 is 33.0 Å². The number of thiophene rings is 1. The van der Waals surface area contributed by atoms with Gasteiger partial charge in [0.1, 0.15) is 34.9 Å². The minimum Gasteiger partial charge on any atom is -0.496 e. The van der Waals surface area contributed by atoms with E-state index in [1.165, 1.54) is 23.0 Å². The lowest BCUT2D eigenvalue weighted by atomic mass is 9.99. The Hall–Kier alpha value is -7.48. The number of ether oxygens (including phenoxy) is 3. The van der Waals surface area contributed by atoms with Gasteiger partial charge in [-0.15, -0.1) is 21.5 Å². The van der Waals surface area contributed by atoms with E-state index in [4.69, 9.17) is 40.2 Å². The number of carbonyl (C=O) groups excluding carboxylic acids is 3. The fourth-order valence-corrected chi connectivity index (χ4v) is 10.3. The molecule has 0 saturated carbocycles. The summed E-state index contributed by atoms with van der Waals surface area (Å²) in [5.41, 5.74) is 7.35. The number of hydrogen-bond acceptors (Lipinski definition) is 14. The highest BCUT2D eigenvalue weighted by Crippen LogP contribution is 2.42. The zero-order chi connectivity index (χ0) is 49.4. The number of furan rings is 1. The molecular weight excluding hydrogens is 936 g/mol. The molecule has 0 radical (unpaired) electrons. The van der Waals surface area contributed by atoms with Crippen LogP contribution in [0.2, 0.25) is 5.02 Å². The number of carbonyl (C=O) groups is 3. The number of nitrogens with zero attached hydrogens (tertiary/aromatic N) is 8. The summed E-state index contributed by atoms with van der Waals surface area (Å²) >= 11 is 7.53. The molecule has 0 bridgehead atoms. The van der Waals surface area contributed by atoms with Gasteiger partial charge >= 0.3 is 11.7 Å². The summed E-state index contributed by atoms with van der Waals surface area (Å²) in [4.78, 5) is 69.2. The Morgan fingerprint density at radius 2 is 1.73 bits per heavy atom. The summed E-state index contributed by atoms with van der Waals surface area (Å²) in [5, 5.41) is 16.4. The molecule has 6 aromatic heterocycles. The van der Waals surface area contributed by atoms with Gasteiger partial charge in [-0.05, 0) is 82.1 Å². The lowest BCUT2D eigenvalue weighted by Crippen LogP contribution is -2.35. The van der Waals surface area contributed by atoms with Gasteiger partial charge in [-0.1, -0.05) is 29.8 Å². The largest absolute Gasteiger partial charge is 0.496 e. The molecule has 7 heterocycles. The molecule has 2 N–H and O–H groups in total. The van der Waals surface area contributed by atoms with E-state index in [9.17, 15) is 19.2 Å². The maximum absolute atomic E-state index is 14.4. The molecule has 2 atom stereocenters. The molecule has 0 aliphatic carbocycles.